The van der Waals surface area contributed by atoms with Crippen molar-refractivity contribution in [3.05, 3.63) is 35.4 Å². The van der Waals surface area contributed by atoms with Crippen LogP contribution in [-0.4, -0.2) is 39.4 Å². The number of hydrogen-bond donors (Lipinski definition) is 4. The summed E-state index contributed by atoms with van der Waals surface area (Å²) in [4.78, 5) is 24.3. The van der Waals surface area contributed by atoms with E-state index in [1.54, 1.807) is 6.92 Å². The van der Waals surface area contributed by atoms with Gasteiger partial charge in [-0.25, -0.2) is 0 Å². The zero-order valence-corrected chi connectivity index (χ0v) is 16.4. The first kappa shape index (κ1) is 20.2. The van der Waals surface area contributed by atoms with Gasteiger partial charge in [0.15, 0.2) is 0 Å². The molecule has 1 aromatic rings. The van der Waals surface area contributed by atoms with Crippen LogP contribution in [0.25, 0.3) is 0 Å². The van der Waals surface area contributed by atoms with E-state index < -0.39 is 12.0 Å². The van der Waals surface area contributed by atoms with E-state index in [1.165, 1.54) is 5.56 Å². The standard InChI is InChI=1S/C20H28N2O4S/c1-12(10-15(23)11-21-20(25)14-6-7-14)19(24)22-18-16-5-3-2-4-13(16)8-9-17(18)27-26/h2-5,12,14-15,17-18,23,26H,6-11H2,1H3,(H,21,25)(H,22,24). The summed E-state index contributed by atoms with van der Waals surface area (Å²) in [5, 5.41) is 15.9. The van der Waals surface area contributed by atoms with Crippen LogP contribution in [0.3, 0.4) is 0 Å². The summed E-state index contributed by atoms with van der Waals surface area (Å²) in [5.74, 6) is -0.440. The summed E-state index contributed by atoms with van der Waals surface area (Å²) in [6.07, 6.45) is 3.06. The van der Waals surface area contributed by atoms with Gasteiger partial charge in [0.25, 0.3) is 0 Å². The molecule has 1 aromatic carbocycles. The number of amides is 2. The van der Waals surface area contributed by atoms with Gasteiger partial charge in [-0.15, -0.1) is 0 Å². The van der Waals surface area contributed by atoms with Crippen molar-refractivity contribution in [1.82, 2.24) is 10.6 Å². The number of fused-ring (bicyclic) bond motifs is 1. The summed E-state index contributed by atoms with van der Waals surface area (Å²) in [6.45, 7) is 1.95. The highest BCUT2D eigenvalue weighted by molar-refractivity contribution is 7.94. The van der Waals surface area contributed by atoms with Crippen LogP contribution in [0.5, 0.6) is 0 Å². The number of aryl methyl sites for hydroxylation is 1. The van der Waals surface area contributed by atoms with Gasteiger partial charge in [-0.2, -0.15) is 0 Å². The SMILES string of the molecule is CC(CC(O)CNC(=O)C1CC1)C(=O)NC1c2ccccc2CCC1SO. The molecule has 0 aliphatic heterocycles. The lowest BCUT2D eigenvalue weighted by Gasteiger charge is -2.33. The monoisotopic (exact) mass is 392 g/mol. The summed E-state index contributed by atoms with van der Waals surface area (Å²) in [6, 6.07) is 7.74. The summed E-state index contributed by atoms with van der Waals surface area (Å²) >= 11 is 0.793. The number of rotatable bonds is 8. The normalized spacial score (nSPS) is 23.8. The van der Waals surface area contributed by atoms with Crippen molar-refractivity contribution in [1.29, 1.82) is 0 Å². The maximum Gasteiger partial charge on any atom is 0.223 e. The Labute approximate surface area is 164 Å². The minimum atomic E-state index is -0.755. The molecule has 0 aromatic heterocycles. The van der Waals surface area contributed by atoms with Crippen LogP contribution < -0.4 is 10.6 Å². The number of nitrogens with one attached hydrogen (secondary N) is 2. The highest BCUT2D eigenvalue weighted by atomic mass is 32.2. The number of benzene rings is 1. The van der Waals surface area contributed by atoms with E-state index in [-0.39, 0.29) is 42.0 Å². The Morgan fingerprint density at radius 2 is 2.00 bits per heavy atom. The zero-order chi connectivity index (χ0) is 19.4. The van der Waals surface area contributed by atoms with Crippen molar-refractivity contribution in [3.8, 4) is 0 Å². The average Bonchev–Trinajstić information content (AvgIpc) is 3.51. The van der Waals surface area contributed by atoms with Crippen molar-refractivity contribution in [2.75, 3.05) is 6.54 Å². The molecule has 2 aliphatic carbocycles. The third kappa shape index (κ3) is 5.24. The molecule has 27 heavy (non-hydrogen) atoms. The lowest BCUT2D eigenvalue weighted by Crippen LogP contribution is -2.42. The predicted octanol–water partition coefficient (Wildman–Crippen LogP) is 2.28. The molecule has 1 saturated carbocycles. The number of carbonyl (C=O) groups is 2. The van der Waals surface area contributed by atoms with Gasteiger partial charge in [0.1, 0.15) is 0 Å². The molecule has 4 unspecified atom stereocenters. The molecule has 0 heterocycles. The van der Waals surface area contributed by atoms with Crippen LogP contribution >= 0.6 is 12.0 Å². The Kier molecular flexibility index (Phi) is 6.78. The highest BCUT2D eigenvalue weighted by Crippen LogP contribution is 2.36. The number of aliphatic hydroxyl groups is 1. The molecule has 4 N–H and O–H groups in total. The van der Waals surface area contributed by atoms with E-state index in [1.807, 2.05) is 18.2 Å². The first-order chi connectivity index (χ1) is 13.0. The minimum absolute atomic E-state index is 0.00669. The first-order valence-corrected chi connectivity index (χ1v) is 10.5. The molecule has 148 valence electrons. The van der Waals surface area contributed by atoms with Gasteiger partial charge < -0.3 is 20.3 Å². The largest absolute Gasteiger partial charge is 0.391 e. The van der Waals surface area contributed by atoms with Gasteiger partial charge in [-0.05, 0) is 55.3 Å². The van der Waals surface area contributed by atoms with Crippen molar-refractivity contribution in [2.24, 2.45) is 11.8 Å². The molecular formula is C20H28N2O4S. The summed E-state index contributed by atoms with van der Waals surface area (Å²) in [7, 11) is 0. The fourth-order valence-electron chi connectivity index (χ4n) is 3.62. The van der Waals surface area contributed by atoms with E-state index in [2.05, 4.69) is 16.7 Å². The molecule has 3 rings (SSSR count). The molecule has 0 bridgehead atoms. The molecule has 6 nitrogen and oxygen atoms in total. The molecule has 2 amide bonds. The summed E-state index contributed by atoms with van der Waals surface area (Å²) in [5.41, 5.74) is 2.25. The Balaban J connectivity index is 1.54. The molecule has 2 aliphatic rings. The van der Waals surface area contributed by atoms with Gasteiger partial charge in [-0.3, -0.25) is 9.59 Å². The van der Waals surface area contributed by atoms with E-state index in [0.29, 0.717) is 0 Å². The first-order valence-electron chi connectivity index (χ1n) is 9.63. The smallest absolute Gasteiger partial charge is 0.223 e. The minimum Gasteiger partial charge on any atom is -0.391 e. The lowest BCUT2D eigenvalue weighted by atomic mass is 9.87. The second-order valence-corrected chi connectivity index (χ2v) is 8.49. The van der Waals surface area contributed by atoms with Gasteiger partial charge in [0, 0.05) is 18.4 Å². The second-order valence-electron chi connectivity index (χ2n) is 7.68. The predicted molar refractivity (Wildman–Crippen MR) is 105 cm³/mol. The fraction of sp³-hybridized carbons (Fsp3) is 0.600. The second kappa shape index (κ2) is 9.08. The zero-order valence-electron chi connectivity index (χ0n) is 15.6. The van der Waals surface area contributed by atoms with Crippen LogP contribution in [-0.2, 0) is 16.0 Å². The van der Waals surface area contributed by atoms with E-state index >= 15 is 0 Å². The third-order valence-electron chi connectivity index (χ3n) is 5.43. The fourth-order valence-corrected chi connectivity index (χ4v) is 4.18. The van der Waals surface area contributed by atoms with Crippen LogP contribution in [0.4, 0.5) is 0 Å². The van der Waals surface area contributed by atoms with Gasteiger partial charge in [-0.1, -0.05) is 31.2 Å². The lowest BCUT2D eigenvalue weighted by molar-refractivity contribution is -0.126. The Morgan fingerprint density at radius 3 is 2.70 bits per heavy atom. The molecule has 0 saturated heterocycles. The molecule has 1 fully saturated rings. The van der Waals surface area contributed by atoms with Crippen LogP contribution in [0.1, 0.15) is 49.8 Å². The molecule has 0 radical (unpaired) electrons. The summed E-state index contributed by atoms with van der Waals surface area (Å²) < 4.78 is 9.64. The van der Waals surface area contributed by atoms with E-state index in [0.717, 1.165) is 43.3 Å². The number of carbonyl (C=O) groups excluding carboxylic acids is 2. The number of aliphatic hydroxyl groups excluding tert-OH is 1. The topological polar surface area (TPSA) is 98.7 Å². The van der Waals surface area contributed by atoms with Gasteiger partial charge in [0.2, 0.25) is 11.8 Å². The molecule has 7 heteroatoms. The van der Waals surface area contributed by atoms with Gasteiger partial charge >= 0.3 is 0 Å². The van der Waals surface area contributed by atoms with Crippen molar-refractivity contribution >= 4 is 23.9 Å². The van der Waals surface area contributed by atoms with E-state index in [4.69, 9.17) is 0 Å². The Bertz CT molecular complexity index is 680. The average molecular weight is 393 g/mol. The third-order valence-corrected chi connectivity index (χ3v) is 6.21. The molecule has 0 spiro atoms. The Morgan fingerprint density at radius 1 is 1.26 bits per heavy atom. The highest BCUT2D eigenvalue weighted by Gasteiger charge is 2.33. The molecule has 4 atom stereocenters. The Hall–Kier alpha value is -1.57. The van der Waals surface area contributed by atoms with Crippen LogP contribution in [0.15, 0.2) is 24.3 Å². The maximum atomic E-state index is 12.7. The van der Waals surface area contributed by atoms with E-state index in [9.17, 15) is 19.2 Å². The van der Waals surface area contributed by atoms with Gasteiger partial charge in [0.05, 0.1) is 17.4 Å². The van der Waals surface area contributed by atoms with Crippen molar-refractivity contribution < 1.29 is 19.2 Å². The molecular weight excluding hydrogens is 364 g/mol. The van der Waals surface area contributed by atoms with Crippen LogP contribution in [0.2, 0.25) is 0 Å². The number of hydrogen-bond acceptors (Lipinski definition) is 5. The van der Waals surface area contributed by atoms with Crippen molar-refractivity contribution in [3.63, 3.8) is 0 Å². The quantitative estimate of drug-likeness (QED) is 0.509. The van der Waals surface area contributed by atoms with Crippen molar-refractivity contribution in [2.45, 2.75) is 56.4 Å². The maximum absolute atomic E-state index is 12.7. The van der Waals surface area contributed by atoms with Crippen LogP contribution in [0, 0.1) is 11.8 Å².